The van der Waals surface area contributed by atoms with Crippen LogP contribution in [0.15, 0.2) is 0 Å². The summed E-state index contributed by atoms with van der Waals surface area (Å²) < 4.78 is 0. The summed E-state index contributed by atoms with van der Waals surface area (Å²) in [7, 11) is 0. The van der Waals surface area contributed by atoms with Gasteiger partial charge in [0.1, 0.15) is 0 Å². The second kappa shape index (κ2) is 6.41. The Kier molecular flexibility index (Phi) is 5.49. The summed E-state index contributed by atoms with van der Waals surface area (Å²) >= 11 is 0. The van der Waals surface area contributed by atoms with Crippen molar-refractivity contribution in [2.24, 2.45) is 5.92 Å². The maximum Gasteiger partial charge on any atom is 0.0443 e. The second-order valence-corrected chi connectivity index (χ2v) is 4.82. The van der Waals surface area contributed by atoms with Gasteiger partial charge in [-0.15, -0.1) is 0 Å². The summed E-state index contributed by atoms with van der Waals surface area (Å²) in [6.07, 6.45) is 6.61. The summed E-state index contributed by atoms with van der Waals surface area (Å²) in [6, 6.07) is 0.627. The molecule has 2 nitrogen and oxygen atoms in total. The maximum atomic E-state index is 8.83. The molecule has 0 amide bonds. The molecule has 0 bridgehead atoms. The van der Waals surface area contributed by atoms with Gasteiger partial charge >= 0.3 is 0 Å². The van der Waals surface area contributed by atoms with E-state index in [1.807, 2.05) is 0 Å². The average molecular weight is 199 g/mol. The van der Waals surface area contributed by atoms with Gasteiger partial charge in [0.15, 0.2) is 0 Å². The molecule has 14 heavy (non-hydrogen) atoms. The van der Waals surface area contributed by atoms with Gasteiger partial charge in [0.25, 0.3) is 0 Å². The van der Waals surface area contributed by atoms with Crippen molar-refractivity contribution < 1.29 is 5.11 Å². The van der Waals surface area contributed by atoms with E-state index in [1.54, 1.807) is 0 Å². The minimum Gasteiger partial charge on any atom is -0.396 e. The van der Waals surface area contributed by atoms with E-state index in [-0.39, 0.29) is 0 Å². The van der Waals surface area contributed by atoms with E-state index in [0.717, 1.165) is 18.9 Å². The monoisotopic (exact) mass is 199 g/mol. The fourth-order valence-corrected chi connectivity index (χ4v) is 2.36. The molecule has 1 aliphatic carbocycles. The smallest absolute Gasteiger partial charge is 0.0443 e. The van der Waals surface area contributed by atoms with E-state index in [4.69, 9.17) is 5.11 Å². The molecular formula is C12H25NO. The fourth-order valence-electron chi connectivity index (χ4n) is 2.36. The Morgan fingerprint density at radius 1 is 1.29 bits per heavy atom. The van der Waals surface area contributed by atoms with Crippen molar-refractivity contribution >= 4 is 0 Å². The summed E-state index contributed by atoms with van der Waals surface area (Å²) in [6.45, 7) is 7.15. The number of hydrogen-bond donors (Lipinski definition) is 1. The lowest BCUT2D eigenvalue weighted by Crippen LogP contribution is -2.36. The Labute approximate surface area is 88.3 Å². The maximum absolute atomic E-state index is 8.83. The molecule has 1 saturated carbocycles. The van der Waals surface area contributed by atoms with Crippen LogP contribution in [0, 0.1) is 5.92 Å². The molecule has 1 fully saturated rings. The van der Waals surface area contributed by atoms with Gasteiger partial charge in [-0.3, -0.25) is 0 Å². The summed E-state index contributed by atoms with van der Waals surface area (Å²) in [5.41, 5.74) is 0. The predicted molar refractivity (Wildman–Crippen MR) is 60.4 cm³/mol. The first kappa shape index (κ1) is 12.0. The van der Waals surface area contributed by atoms with E-state index in [9.17, 15) is 0 Å². The van der Waals surface area contributed by atoms with E-state index in [0.29, 0.717) is 12.6 Å². The molecule has 0 heterocycles. The van der Waals surface area contributed by atoms with Crippen LogP contribution >= 0.6 is 0 Å². The first-order chi connectivity index (χ1) is 6.74. The number of aliphatic hydroxyl groups excluding tert-OH is 1. The van der Waals surface area contributed by atoms with Crippen LogP contribution in [0.1, 0.15) is 46.0 Å². The molecule has 0 unspecified atom stereocenters. The SMILES string of the molecule is CC(C)N(CCCO)CC1CCCC1. The van der Waals surface area contributed by atoms with Gasteiger partial charge in [0.05, 0.1) is 0 Å². The van der Waals surface area contributed by atoms with Crippen LogP contribution < -0.4 is 0 Å². The molecule has 0 aromatic carbocycles. The Balaban J connectivity index is 2.26. The largest absolute Gasteiger partial charge is 0.396 e. The quantitative estimate of drug-likeness (QED) is 0.709. The van der Waals surface area contributed by atoms with Crippen molar-refractivity contribution in [2.75, 3.05) is 19.7 Å². The Morgan fingerprint density at radius 3 is 2.43 bits per heavy atom. The summed E-state index contributed by atoms with van der Waals surface area (Å²) in [4.78, 5) is 2.52. The van der Waals surface area contributed by atoms with Crippen molar-refractivity contribution in [1.82, 2.24) is 4.90 Å². The Bertz CT molecular complexity index is 141. The predicted octanol–water partition coefficient (Wildman–Crippen LogP) is 2.27. The van der Waals surface area contributed by atoms with Crippen molar-refractivity contribution in [3.63, 3.8) is 0 Å². The molecule has 0 aromatic rings. The van der Waals surface area contributed by atoms with Gasteiger partial charge in [0, 0.05) is 25.7 Å². The first-order valence-electron chi connectivity index (χ1n) is 6.09. The zero-order valence-corrected chi connectivity index (χ0v) is 9.71. The Morgan fingerprint density at radius 2 is 1.93 bits per heavy atom. The Hall–Kier alpha value is -0.0800. The van der Waals surface area contributed by atoms with Crippen molar-refractivity contribution in [1.29, 1.82) is 0 Å². The second-order valence-electron chi connectivity index (χ2n) is 4.82. The number of nitrogens with zero attached hydrogens (tertiary/aromatic N) is 1. The average Bonchev–Trinajstić information content (AvgIpc) is 2.64. The highest BCUT2D eigenvalue weighted by Crippen LogP contribution is 2.26. The summed E-state index contributed by atoms with van der Waals surface area (Å²) in [5.74, 6) is 0.927. The fraction of sp³-hybridized carbons (Fsp3) is 1.00. The molecule has 1 N–H and O–H groups in total. The van der Waals surface area contributed by atoms with E-state index < -0.39 is 0 Å². The number of aliphatic hydroxyl groups is 1. The lowest BCUT2D eigenvalue weighted by atomic mass is 10.1. The van der Waals surface area contributed by atoms with Crippen LogP contribution in [-0.4, -0.2) is 35.7 Å². The molecule has 0 radical (unpaired) electrons. The normalized spacial score (nSPS) is 18.6. The van der Waals surface area contributed by atoms with E-state index in [1.165, 1.54) is 32.2 Å². The first-order valence-corrected chi connectivity index (χ1v) is 6.09. The topological polar surface area (TPSA) is 23.5 Å². The highest BCUT2D eigenvalue weighted by Gasteiger charge is 2.19. The zero-order valence-electron chi connectivity index (χ0n) is 9.71. The lowest BCUT2D eigenvalue weighted by Gasteiger charge is -2.28. The van der Waals surface area contributed by atoms with E-state index in [2.05, 4.69) is 18.7 Å². The molecule has 1 rings (SSSR count). The van der Waals surface area contributed by atoms with Gasteiger partial charge in [0.2, 0.25) is 0 Å². The van der Waals surface area contributed by atoms with Gasteiger partial charge in [-0.25, -0.2) is 0 Å². The minimum absolute atomic E-state index is 0.327. The third-order valence-corrected chi connectivity index (χ3v) is 3.30. The number of hydrogen-bond acceptors (Lipinski definition) is 2. The van der Waals surface area contributed by atoms with Gasteiger partial charge < -0.3 is 10.0 Å². The third kappa shape index (κ3) is 3.97. The molecule has 2 heteroatoms. The lowest BCUT2D eigenvalue weighted by molar-refractivity contribution is 0.167. The van der Waals surface area contributed by atoms with Gasteiger partial charge in [-0.05, 0) is 39.0 Å². The molecule has 0 aliphatic heterocycles. The third-order valence-electron chi connectivity index (χ3n) is 3.30. The van der Waals surface area contributed by atoms with Crippen LogP contribution in [0.4, 0.5) is 0 Å². The van der Waals surface area contributed by atoms with E-state index >= 15 is 0 Å². The van der Waals surface area contributed by atoms with Crippen molar-refractivity contribution in [2.45, 2.75) is 52.0 Å². The molecule has 0 aromatic heterocycles. The molecule has 84 valence electrons. The minimum atomic E-state index is 0.327. The van der Waals surface area contributed by atoms with Crippen LogP contribution in [0.25, 0.3) is 0 Å². The van der Waals surface area contributed by atoms with Crippen molar-refractivity contribution in [3.8, 4) is 0 Å². The highest BCUT2D eigenvalue weighted by molar-refractivity contribution is 4.73. The van der Waals surface area contributed by atoms with Gasteiger partial charge in [-0.2, -0.15) is 0 Å². The van der Waals surface area contributed by atoms with Gasteiger partial charge in [-0.1, -0.05) is 12.8 Å². The molecule has 0 spiro atoms. The highest BCUT2D eigenvalue weighted by atomic mass is 16.3. The zero-order chi connectivity index (χ0) is 10.4. The summed E-state index contributed by atoms with van der Waals surface area (Å²) in [5, 5.41) is 8.83. The van der Waals surface area contributed by atoms with Crippen LogP contribution in [-0.2, 0) is 0 Å². The van der Waals surface area contributed by atoms with Crippen LogP contribution in [0.5, 0.6) is 0 Å². The molecular weight excluding hydrogens is 174 g/mol. The van der Waals surface area contributed by atoms with Crippen LogP contribution in [0.3, 0.4) is 0 Å². The van der Waals surface area contributed by atoms with Crippen molar-refractivity contribution in [3.05, 3.63) is 0 Å². The van der Waals surface area contributed by atoms with Crippen LogP contribution in [0.2, 0.25) is 0 Å². The number of rotatable bonds is 6. The molecule has 1 aliphatic rings. The molecule has 0 saturated heterocycles. The standard InChI is InChI=1S/C12H25NO/c1-11(2)13(8-5-9-14)10-12-6-3-4-7-12/h11-12,14H,3-10H2,1-2H3. The molecule has 0 atom stereocenters.